The van der Waals surface area contributed by atoms with E-state index in [1.54, 1.807) is 24.4 Å². The normalized spacial score (nSPS) is 11.4. The van der Waals surface area contributed by atoms with Gasteiger partial charge >= 0.3 is 0 Å². The quantitative estimate of drug-likeness (QED) is 0.841. The first-order valence-electron chi connectivity index (χ1n) is 6.85. The van der Waals surface area contributed by atoms with E-state index in [2.05, 4.69) is 9.71 Å². The second-order valence-electron chi connectivity index (χ2n) is 4.59. The van der Waals surface area contributed by atoms with Crippen LogP contribution in [0.15, 0.2) is 47.5 Å². The molecule has 0 saturated carbocycles. The molecule has 0 fully saturated rings. The van der Waals surface area contributed by atoms with E-state index in [4.69, 9.17) is 16.3 Å². The standard InChI is InChI=1S/C15H17ClN2O3S/c1-2-9-21-15-10-13(6-7-14(15)16)22(19,20)18-11-12-5-3-4-8-17-12/h3-8,10,18H,2,9,11H2,1H3. The number of nitrogens with one attached hydrogen (secondary N) is 1. The Morgan fingerprint density at radius 3 is 2.77 bits per heavy atom. The highest BCUT2D eigenvalue weighted by atomic mass is 35.5. The van der Waals surface area contributed by atoms with Gasteiger partial charge in [-0.3, -0.25) is 4.98 Å². The summed E-state index contributed by atoms with van der Waals surface area (Å²) in [7, 11) is -3.65. The molecule has 0 saturated heterocycles. The molecule has 0 amide bonds. The van der Waals surface area contributed by atoms with Crippen LogP contribution in [-0.4, -0.2) is 20.0 Å². The van der Waals surface area contributed by atoms with Crippen LogP contribution in [-0.2, 0) is 16.6 Å². The molecule has 0 aliphatic heterocycles. The lowest BCUT2D eigenvalue weighted by Gasteiger charge is -2.10. The molecule has 118 valence electrons. The van der Waals surface area contributed by atoms with Crippen molar-refractivity contribution in [3.05, 3.63) is 53.3 Å². The van der Waals surface area contributed by atoms with Crippen LogP contribution in [0, 0.1) is 0 Å². The largest absolute Gasteiger partial charge is 0.492 e. The van der Waals surface area contributed by atoms with Crippen molar-refractivity contribution in [2.75, 3.05) is 6.61 Å². The minimum Gasteiger partial charge on any atom is -0.492 e. The highest BCUT2D eigenvalue weighted by Gasteiger charge is 2.16. The number of pyridine rings is 1. The summed E-state index contributed by atoms with van der Waals surface area (Å²) in [6.45, 7) is 2.56. The predicted octanol–water partition coefficient (Wildman–Crippen LogP) is 3.00. The molecular formula is C15H17ClN2O3S. The summed E-state index contributed by atoms with van der Waals surface area (Å²) >= 11 is 6.00. The third kappa shape index (κ3) is 4.43. The summed E-state index contributed by atoms with van der Waals surface area (Å²) in [6.07, 6.45) is 2.42. The third-order valence-corrected chi connectivity index (χ3v) is 4.56. The van der Waals surface area contributed by atoms with Gasteiger partial charge in [0.1, 0.15) is 5.75 Å². The molecule has 7 heteroatoms. The molecule has 1 N–H and O–H groups in total. The van der Waals surface area contributed by atoms with Crippen LogP contribution in [0.2, 0.25) is 5.02 Å². The molecule has 0 aliphatic rings. The van der Waals surface area contributed by atoms with Crippen molar-refractivity contribution in [3.8, 4) is 5.75 Å². The van der Waals surface area contributed by atoms with E-state index >= 15 is 0 Å². The molecule has 0 aliphatic carbocycles. The van der Waals surface area contributed by atoms with Crippen molar-refractivity contribution in [2.45, 2.75) is 24.8 Å². The Balaban J connectivity index is 2.15. The van der Waals surface area contributed by atoms with Crippen molar-refractivity contribution in [1.29, 1.82) is 0 Å². The highest BCUT2D eigenvalue weighted by Crippen LogP contribution is 2.27. The zero-order valence-electron chi connectivity index (χ0n) is 12.1. The van der Waals surface area contributed by atoms with Gasteiger partial charge in [0.05, 0.1) is 28.8 Å². The van der Waals surface area contributed by atoms with Gasteiger partial charge in [-0.2, -0.15) is 0 Å². The maximum Gasteiger partial charge on any atom is 0.241 e. The lowest BCUT2D eigenvalue weighted by atomic mass is 10.3. The molecule has 0 radical (unpaired) electrons. The maximum absolute atomic E-state index is 12.3. The third-order valence-electron chi connectivity index (χ3n) is 2.84. The summed E-state index contributed by atoms with van der Waals surface area (Å²) in [5, 5.41) is 0.386. The van der Waals surface area contributed by atoms with Gasteiger partial charge in [0.2, 0.25) is 10.0 Å². The van der Waals surface area contributed by atoms with Gasteiger partial charge in [-0.05, 0) is 30.7 Å². The van der Waals surface area contributed by atoms with Gasteiger partial charge in [0.15, 0.2) is 0 Å². The minimum absolute atomic E-state index is 0.110. The number of hydrogen-bond donors (Lipinski definition) is 1. The first kappa shape index (κ1) is 16.7. The Hall–Kier alpha value is -1.63. The number of rotatable bonds is 7. The maximum atomic E-state index is 12.3. The number of aromatic nitrogens is 1. The van der Waals surface area contributed by atoms with Crippen molar-refractivity contribution in [2.24, 2.45) is 0 Å². The van der Waals surface area contributed by atoms with E-state index in [-0.39, 0.29) is 11.4 Å². The summed E-state index contributed by atoms with van der Waals surface area (Å²) in [5.74, 6) is 0.365. The second kappa shape index (κ2) is 7.58. The van der Waals surface area contributed by atoms with Crippen LogP contribution < -0.4 is 9.46 Å². The highest BCUT2D eigenvalue weighted by molar-refractivity contribution is 7.89. The van der Waals surface area contributed by atoms with Crippen LogP contribution in [0.5, 0.6) is 5.75 Å². The second-order valence-corrected chi connectivity index (χ2v) is 6.76. The fourth-order valence-electron chi connectivity index (χ4n) is 1.73. The monoisotopic (exact) mass is 340 g/mol. The predicted molar refractivity (Wildman–Crippen MR) is 85.5 cm³/mol. The SMILES string of the molecule is CCCOc1cc(S(=O)(=O)NCc2ccccn2)ccc1Cl. The number of benzene rings is 1. The van der Waals surface area contributed by atoms with Crippen LogP contribution >= 0.6 is 11.6 Å². The van der Waals surface area contributed by atoms with Crippen molar-refractivity contribution in [1.82, 2.24) is 9.71 Å². The van der Waals surface area contributed by atoms with E-state index in [0.717, 1.165) is 6.42 Å². The van der Waals surface area contributed by atoms with E-state index in [1.165, 1.54) is 18.2 Å². The lowest BCUT2D eigenvalue weighted by Crippen LogP contribution is -2.23. The number of hydrogen-bond acceptors (Lipinski definition) is 4. The zero-order valence-corrected chi connectivity index (χ0v) is 13.7. The molecule has 2 aromatic rings. The number of ether oxygens (including phenoxy) is 1. The van der Waals surface area contributed by atoms with Crippen LogP contribution in [0.4, 0.5) is 0 Å². The first-order chi connectivity index (χ1) is 10.5. The molecular weight excluding hydrogens is 324 g/mol. The Kier molecular flexibility index (Phi) is 5.76. The first-order valence-corrected chi connectivity index (χ1v) is 8.71. The average molecular weight is 341 g/mol. The summed E-state index contributed by atoms with van der Waals surface area (Å²) < 4.78 is 32.6. The Bertz CT molecular complexity index is 721. The lowest BCUT2D eigenvalue weighted by molar-refractivity contribution is 0.317. The van der Waals surface area contributed by atoms with Crippen LogP contribution in [0.1, 0.15) is 19.0 Å². The summed E-state index contributed by atoms with van der Waals surface area (Å²) in [6, 6.07) is 9.72. The van der Waals surface area contributed by atoms with Crippen molar-refractivity contribution in [3.63, 3.8) is 0 Å². The number of nitrogens with zero attached hydrogens (tertiary/aromatic N) is 1. The fraction of sp³-hybridized carbons (Fsp3) is 0.267. The van der Waals surface area contributed by atoms with Gasteiger partial charge in [-0.1, -0.05) is 24.6 Å². The Labute approximate surface area is 135 Å². The van der Waals surface area contributed by atoms with Crippen LogP contribution in [0.3, 0.4) is 0 Å². The molecule has 2 rings (SSSR count). The van der Waals surface area contributed by atoms with Crippen LogP contribution in [0.25, 0.3) is 0 Å². The molecule has 5 nitrogen and oxygen atoms in total. The van der Waals surface area contributed by atoms with Gasteiger partial charge in [0, 0.05) is 12.3 Å². The molecule has 0 bridgehead atoms. The van der Waals surface area contributed by atoms with Gasteiger partial charge < -0.3 is 4.74 Å². The van der Waals surface area contributed by atoms with E-state index < -0.39 is 10.0 Å². The Morgan fingerprint density at radius 1 is 1.27 bits per heavy atom. The molecule has 1 aromatic carbocycles. The average Bonchev–Trinajstić information content (AvgIpc) is 2.53. The molecule has 0 spiro atoms. The molecule has 22 heavy (non-hydrogen) atoms. The van der Waals surface area contributed by atoms with E-state index in [0.29, 0.717) is 23.1 Å². The van der Waals surface area contributed by atoms with E-state index in [1.807, 2.05) is 6.92 Å². The molecule has 1 heterocycles. The molecule has 0 atom stereocenters. The van der Waals surface area contributed by atoms with E-state index in [9.17, 15) is 8.42 Å². The molecule has 0 unspecified atom stereocenters. The fourth-order valence-corrected chi connectivity index (χ4v) is 2.91. The van der Waals surface area contributed by atoms with Gasteiger partial charge in [-0.15, -0.1) is 0 Å². The topological polar surface area (TPSA) is 68.3 Å². The molecule has 1 aromatic heterocycles. The number of halogens is 1. The smallest absolute Gasteiger partial charge is 0.241 e. The Morgan fingerprint density at radius 2 is 2.09 bits per heavy atom. The number of sulfonamides is 1. The zero-order chi connectivity index (χ0) is 16.0. The van der Waals surface area contributed by atoms with Gasteiger partial charge in [0.25, 0.3) is 0 Å². The minimum atomic E-state index is -3.65. The van der Waals surface area contributed by atoms with Crippen molar-refractivity contribution >= 4 is 21.6 Å². The summed E-state index contributed by atoms with van der Waals surface area (Å²) in [5.41, 5.74) is 0.641. The summed E-state index contributed by atoms with van der Waals surface area (Å²) in [4.78, 5) is 4.19. The van der Waals surface area contributed by atoms with Gasteiger partial charge in [-0.25, -0.2) is 13.1 Å². The van der Waals surface area contributed by atoms with Crippen molar-refractivity contribution < 1.29 is 13.2 Å².